The molecule has 0 aliphatic heterocycles. The largest absolute Gasteiger partial charge is 0.478 e. The van der Waals surface area contributed by atoms with Gasteiger partial charge in [-0.05, 0) is 41.8 Å². The molecule has 25 heavy (non-hydrogen) atoms. The topological polar surface area (TPSA) is 92.7 Å². The smallest absolute Gasteiger partial charge is 0.338 e. The Bertz CT molecular complexity index is 850. The molecule has 0 atom stereocenters. The van der Waals surface area contributed by atoms with Crippen LogP contribution in [0.4, 0.5) is 4.39 Å². The molecule has 0 heterocycles. The molecule has 0 aliphatic rings. The van der Waals surface area contributed by atoms with E-state index in [0.29, 0.717) is 24.2 Å². The molecule has 0 bridgehead atoms. The molecular formula is C17H18FNO5S. The van der Waals surface area contributed by atoms with E-state index in [4.69, 9.17) is 9.84 Å². The molecule has 2 N–H and O–H groups in total. The molecule has 2 aromatic rings. The zero-order valence-electron chi connectivity index (χ0n) is 13.5. The van der Waals surface area contributed by atoms with Crippen molar-refractivity contribution in [2.75, 3.05) is 20.3 Å². The van der Waals surface area contributed by atoms with Crippen molar-refractivity contribution in [1.29, 1.82) is 0 Å². The summed E-state index contributed by atoms with van der Waals surface area (Å²) < 4.78 is 45.1. The van der Waals surface area contributed by atoms with Gasteiger partial charge in [-0.3, -0.25) is 0 Å². The van der Waals surface area contributed by atoms with Crippen LogP contribution in [0.1, 0.15) is 16.8 Å². The summed E-state index contributed by atoms with van der Waals surface area (Å²) in [5.74, 6) is -2.19. The first-order valence-electron chi connectivity index (χ1n) is 7.47. The fourth-order valence-corrected chi connectivity index (χ4v) is 3.28. The fourth-order valence-electron chi connectivity index (χ4n) is 2.20. The highest BCUT2D eigenvalue weighted by Crippen LogP contribution is 2.23. The molecule has 0 fully saturated rings. The fraction of sp³-hybridized carbons (Fsp3) is 0.235. The number of carboxylic acid groups (broad SMARTS) is 1. The number of halogens is 1. The lowest BCUT2D eigenvalue weighted by Gasteiger charge is -2.08. The predicted molar refractivity (Wildman–Crippen MR) is 90.5 cm³/mol. The van der Waals surface area contributed by atoms with Crippen LogP contribution in [0, 0.1) is 5.82 Å². The van der Waals surface area contributed by atoms with Crippen LogP contribution in [0.15, 0.2) is 47.4 Å². The van der Waals surface area contributed by atoms with Gasteiger partial charge in [-0.25, -0.2) is 22.3 Å². The summed E-state index contributed by atoms with van der Waals surface area (Å²) in [6.45, 7) is 0.718. The van der Waals surface area contributed by atoms with Gasteiger partial charge in [-0.15, -0.1) is 0 Å². The van der Waals surface area contributed by atoms with Crippen LogP contribution in [0.5, 0.6) is 0 Å². The SMILES string of the molecule is COCCCNS(=O)(=O)c1ccc(-c2ccc(F)c(C(=O)O)c2)cc1. The first-order valence-corrected chi connectivity index (χ1v) is 8.95. The number of hydrogen-bond donors (Lipinski definition) is 2. The third kappa shape index (κ3) is 4.85. The van der Waals surface area contributed by atoms with E-state index in [-0.39, 0.29) is 11.4 Å². The monoisotopic (exact) mass is 367 g/mol. The minimum Gasteiger partial charge on any atom is -0.478 e. The Labute approximate surface area is 145 Å². The number of rotatable bonds is 8. The minimum absolute atomic E-state index is 0.0919. The van der Waals surface area contributed by atoms with E-state index >= 15 is 0 Å². The lowest BCUT2D eigenvalue weighted by atomic mass is 10.0. The lowest BCUT2D eigenvalue weighted by Crippen LogP contribution is -2.25. The van der Waals surface area contributed by atoms with E-state index in [1.54, 1.807) is 19.2 Å². The molecule has 0 spiro atoms. The molecule has 0 unspecified atom stereocenters. The standard InChI is InChI=1S/C17H18FNO5S/c1-24-10-2-9-19-25(22,23)14-6-3-12(4-7-14)13-5-8-16(18)15(11-13)17(20)21/h3-8,11,19H,2,9-10H2,1H3,(H,20,21). The van der Waals surface area contributed by atoms with Gasteiger partial charge < -0.3 is 9.84 Å². The Morgan fingerprint density at radius 3 is 2.40 bits per heavy atom. The van der Waals surface area contributed by atoms with Gasteiger partial charge in [-0.1, -0.05) is 18.2 Å². The number of nitrogens with one attached hydrogen (secondary N) is 1. The van der Waals surface area contributed by atoms with E-state index < -0.39 is 27.4 Å². The Balaban J connectivity index is 2.20. The van der Waals surface area contributed by atoms with Gasteiger partial charge in [0.25, 0.3) is 0 Å². The minimum atomic E-state index is -3.63. The Hall–Kier alpha value is -2.29. The van der Waals surface area contributed by atoms with Gasteiger partial charge >= 0.3 is 5.97 Å². The number of aromatic carboxylic acids is 1. The molecule has 0 radical (unpaired) electrons. The third-order valence-electron chi connectivity index (χ3n) is 3.51. The molecule has 0 aromatic heterocycles. The first kappa shape index (κ1) is 19.0. The molecule has 2 rings (SSSR count). The third-order valence-corrected chi connectivity index (χ3v) is 4.99. The number of carboxylic acids is 1. The quantitative estimate of drug-likeness (QED) is 0.700. The highest BCUT2D eigenvalue weighted by atomic mass is 32.2. The van der Waals surface area contributed by atoms with Gasteiger partial charge in [0.1, 0.15) is 5.82 Å². The van der Waals surface area contributed by atoms with Crippen LogP contribution in [-0.2, 0) is 14.8 Å². The molecule has 0 saturated heterocycles. The van der Waals surface area contributed by atoms with Gasteiger partial charge in [0, 0.05) is 20.3 Å². The van der Waals surface area contributed by atoms with Crippen LogP contribution < -0.4 is 4.72 Å². The molecule has 8 heteroatoms. The summed E-state index contributed by atoms with van der Waals surface area (Å²) in [6, 6.07) is 9.64. The predicted octanol–water partition coefficient (Wildman–Crippen LogP) is 2.51. The summed E-state index contributed by atoms with van der Waals surface area (Å²) in [7, 11) is -2.09. The molecule has 6 nitrogen and oxygen atoms in total. The van der Waals surface area contributed by atoms with E-state index in [0.717, 1.165) is 6.07 Å². The van der Waals surface area contributed by atoms with Crippen LogP contribution in [0.3, 0.4) is 0 Å². The maximum absolute atomic E-state index is 13.5. The Morgan fingerprint density at radius 1 is 1.16 bits per heavy atom. The average Bonchev–Trinajstić information content (AvgIpc) is 2.59. The van der Waals surface area contributed by atoms with E-state index in [1.165, 1.54) is 24.3 Å². The molecule has 2 aromatic carbocycles. The molecule has 0 amide bonds. The Morgan fingerprint density at radius 2 is 1.80 bits per heavy atom. The number of benzene rings is 2. The number of hydrogen-bond acceptors (Lipinski definition) is 4. The van der Waals surface area contributed by atoms with E-state index in [2.05, 4.69) is 4.72 Å². The van der Waals surface area contributed by atoms with E-state index in [9.17, 15) is 17.6 Å². The summed E-state index contributed by atoms with van der Waals surface area (Å²) >= 11 is 0. The van der Waals surface area contributed by atoms with Crippen molar-refractivity contribution in [3.63, 3.8) is 0 Å². The average molecular weight is 367 g/mol. The first-order chi connectivity index (χ1) is 11.8. The van der Waals surface area contributed by atoms with Crippen LogP contribution >= 0.6 is 0 Å². The second-order valence-corrected chi connectivity index (χ2v) is 7.04. The maximum atomic E-state index is 13.5. The zero-order chi connectivity index (χ0) is 18.4. The zero-order valence-corrected chi connectivity index (χ0v) is 14.3. The molecule has 134 valence electrons. The van der Waals surface area contributed by atoms with Crippen molar-refractivity contribution in [3.8, 4) is 11.1 Å². The summed E-state index contributed by atoms with van der Waals surface area (Å²) in [4.78, 5) is 11.1. The summed E-state index contributed by atoms with van der Waals surface area (Å²) in [5.41, 5.74) is 0.630. The normalized spacial score (nSPS) is 11.4. The number of ether oxygens (including phenoxy) is 1. The van der Waals surface area contributed by atoms with Crippen LogP contribution in [-0.4, -0.2) is 39.8 Å². The summed E-state index contributed by atoms with van der Waals surface area (Å²) in [5, 5.41) is 8.97. The van der Waals surface area contributed by atoms with Gasteiger partial charge in [0.15, 0.2) is 0 Å². The number of sulfonamides is 1. The Kier molecular flexibility index (Phi) is 6.24. The highest BCUT2D eigenvalue weighted by Gasteiger charge is 2.15. The molecule has 0 aliphatic carbocycles. The second-order valence-electron chi connectivity index (χ2n) is 5.27. The van der Waals surface area contributed by atoms with Crippen molar-refractivity contribution in [1.82, 2.24) is 4.72 Å². The van der Waals surface area contributed by atoms with Gasteiger partial charge in [0.2, 0.25) is 10.0 Å². The number of carbonyl (C=O) groups is 1. The molecular weight excluding hydrogens is 349 g/mol. The van der Waals surface area contributed by atoms with Crippen molar-refractivity contribution in [3.05, 3.63) is 53.8 Å². The highest BCUT2D eigenvalue weighted by molar-refractivity contribution is 7.89. The number of methoxy groups -OCH3 is 1. The van der Waals surface area contributed by atoms with Crippen molar-refractivity contribution < 1.29 is 27.4 Å². The summed E-state index contributed by atoms with van der Waals surface area (Å²) in [6.07, 6.45) is 0.557. The van der Waals surface area contributed by atoms with Crippen molar-refractivity contribution >= 4 is 16.0 Å². The van der Waals surface area contributed by atoms with Crippen molar-refractivity contribution in [2.45, 2.75) is 11.3 Å². The maximum Gasteiger partial charge on any atom is 0.338 e. The van der Waals surface area contributed by atoms with E-state index in [1.807, 2.05) is 0 Å². The molecule has 0 saturated carbocycles. The lowest BCUT2D eigenvalue weighted by molar-refractivity contribution is 0.0692. The van der Waals surface area contributed by atoms with Crippen LogP contribution in [0.2, 0.25) is 0 Å². The second kappa shape index (κ2) is 8.19. The van der Waals surface area contributed by atoms with Gasteiger partial charge in [0.05, 0.1) is 10.5 Å². The van der Waals surface area contributed by atoms with Gasteiger partial charge in [-0.2, -0.15) is 0 Å². The van der Waals surface area contributed by atoms with Crippen LogP contribution in [0.25, 0.3) is 11.1 Å². The van der Waals surface area contributed by atoms with Crippen molar-refractivity contribution in [2.24, 2.45) is 0 Å².